The number of H-pyrrole nitrogens is 1. The highest BCUT2D eigenvalue weighted by Crippen LogP contribution is 2.27. The van der Waals surface area contributed by atoms with Gasteiger partial charge >= 0.3 is 0 Å². The first-order chi connectivity index (χ1) is 11.8. The van der Waals surface area contributed by atoms with Crippen LogP contribution in [-0.4, -0.2) is 40.3 Å². The summed E-state index contributed by atoms with van der Waals surface area (Å²) in [5.41, 5.74) is 2.40. The lowest BCUT2D eigenvalue weighted by atomic mass is 9.87. The Balaban J connectivity index is 1.47. The van der Waals surface area contributed by atoms with Gasteiger partial charge in [0.25, 0.3) is 0 Å². The van der Waals surface area contributed by atoms with Crippen molar-refractivity contribution in [3.63, 3.8) is 0 Å². The third-order valence-corrected chi connectivity index (χ3v) is 5.92. The number of nitrogens with one attached hydrogen (secondary N) is 1. The summed E-state index contributed by atoms with van der Waals surface area (Å²) in [4.78, 5) is 16.4. The third-order valence-electron chi connectivity index (χ3n) is 5.06. The van der Waals surface area contributed by atoms with Crippen LogP contribution in [0.2, 0.25) is 0 Å². The van der Waals surface area contributed by atoms with Crippen LogP contribution in [0.3, 0.4) is 0 Å². The first-order valence-electron chi connectivity index (χ1n) is 8.73. The van der Waals surface area contributed by atoms with Gasteiger partial charge in [0.1, 0.15) is 0 Å². The number of ether oxygens (including phenoxy) is 1. The van der Waals surface area contributed by atoms with E-state index in [-0.39, 0.29) is 17.9 Å². The fourth-order valence-electron chi connectivity index (χ4n) is 3.73. The van der Waals surface area contributed by atoms with E-state index in [0.29, 0.717) is 13.1 Å². The summed E-state index contributed by atoms with van der Waals surface area (Å²) in [6.45, 7) is 2.23. The molecule has 128 valence electrons. The van der Waals surface area contributed by atoms with Crippen LogP contribution in [0.4, 0.5) is 0 Å². The van der Waals surface area contributed by atoms with E-state index in [1.54, 1.807) is 11.3 Å². The second-order valence-corrected chi connectivity index (χ2v) is 7.78. The second-order valence-electron chi connectivity index (χ2n) is 6.75. The molecule has 0 unspecified atom stereocenters. The standard InChI is InChI=1S/C18H23N3O2S/c22-18(13-5-6-14-10-19-20-17(14)9-13)21(11-15-3-1-7-23-15)12-16-4-2-8-24-16/h2,4,8,10,13,15H,1,3,5-7,9,11-12H2,(H,19,20)/t13-,15+/m1/s1. The summed E-state index contributed by atoms with van der Waals surface area (Å²) in [5.74, 6) is 0.318. The van der Waals surface area contributed by atoms with Crippen molar-refractivity contribution in [2.24, 2.45) is 5.92 Å². The minimum absolute atomic E-state index is 0.0549. The van der Waals surface area contributed by atoms with E-state index in [1.165, 1.54) is 10.4 Å². The number of rotatable bonds is 5. The minimum Gasteiger partial charge on any atom is -0.376 e. The molecule has 1 N–H and O–H groups in total. The van der Waals surface area contributed by atoms with Crippen LogP contribution in [0.15, 0.2) is 23.7 Å². The van der Waals surface area contributed by atoms with Crippen molar-refractivity contribution in [3.05, 3.63) is 39.8 Å². The van der Waals surface area contributed by atoms with Gasteiger partial charge in [-0.3, -0.25) is 9.89 Å². The number of aryl methyl sites for hydroxylation is 1. The maximum atomic E-state index is 13.2. The van der Waals surface area contributed by atoms with Crippen LogP contribution >= 0.6 is 11.3 Å². The molecule has 2 aliphatic rings. The van der Waals surface area contributed by atoms with Crippen molar-refractivity contribution in [1.82, 2.24) is 15.1 Å². The zero-order valence-electron chi connectivity index (χ0n) is 13.7. The predicted octanol–water partition coefficient (Wildman–Crippen LogP) is 2.78. The molecule has 6 heteroatoms. The Labute approximate surface area is 146 Å². The molecule has 1 amide bonds. The van der Waals surface area contributed by atoms with Crippen LogP contribution in [0.1, 0.15) is 35.4 Å². The van der Waals surface area contributed by atoms with E-state index >= 15 is 0 Å². The summed E-state index contributed by atoms with van der Waals surface area (Å²) in [7, 11) is 0. The molecule has 0 radical (unpaired) electrons. The highest BCUT2D eigenvalue weighted by atomic mass is 32.1. The number of amides is 1. The van der Waals surface area contributed by atoms with Gasteiger partial charge in [0.2, 0.25) is 5.91 Å². The van der Waals surface area contributed by atoms with E-state index in [0.717, 1.165) is 44.4 Å². The van der Waals surface area contributed by atoms with Crippen molar-refractivity contribution < 1.29 is 9.53 Å². The van der Waals surface area contributed by atoms with Crippen molar-refractivity contribution >= 4 is 17.2 Å². The molecular formula is C18H23N3O2S. The van der Waals surface area contributed by atoms with Crippen LogP contribution in [-0.2, 0) is 28.9 Å². The van der Waals surface area contributed by atoms with Gasteiger partial charge < -0.3 is 9.64 Å². The molecule has 0 saturated carbocycles. The molecule has 0 spiro atoms. The second kappa shape index (κ2) is 7.07. The average Bonchev–Trinajstić information content (AvgIpc) is 3.35. The minimum atomic E-state index is 0.0549. The van der Waals surface area contributed by atoms with E-state index in [9.17, 15) is 4.79 Å². The summed E-state index contributed by atoms with van der Waals surface area (Å²) in [6.07, 6.45) is 6.88. The fourth-order valence-corrected chi connectivity index (χ4v) is 4.45. The largest absolute Gasteiger partial charge is 0.376 e. The highest BCUT2D eigenvalue weighted by Gasteiger charge is 2.31. The summed E-state index contributed by atoms with van der Waals surface area (Å²) in [5, 5.41) is 9.25. The third kappa shape index (κ3) is 3.39. The quantitative estimate of drug-likeness (QED) is 0.906. The van der Waals surface area contributed by atoms with Crippen molar-refractivity contribution in [3.8, 4) is 0 Å². The van der Waals surface area contributed by atoms with Gasteiger partial charge in [0.05, 0.1) is 18.8 Å². The van der Waals surface area contributed by atoms with Gasteiger partial charge in [0, 0.05) is 36.1 Å². The van der Waals surface area contributed by atoms with Gasteiger partial charge in [-0.25, -0.2) is 0 Å². The Kier molecular flexibility index (Phi) is 4.67. The molecular weight excluding hydrogens is 322 g/mol. The first kappa shape index (κ1) is 15.8. The smallest absolute Gasteiger partial charge is 0.226 e. The normalized spacial score (nSPS) is 23.2. The topological polar surface area (TPSA) is 58.2 Å². The first-order valence-corrected chi connectivity index (χ1v) is 9.61. The molecule has 2 aromatic heterocycles. The maximum absolute atomic E-state index is 13.2. The van der Waals surface area contributed by atoms with Gasteiger partial charge in [-0.15, -0.1) is 11.3 Å². The number of nitrogens with zero attached hydrogens (tertiary/aromatic N) is 2. The molecule has 2 atom stereocenters. The molecule has 3 heterocycles. The van der Waals surface area contributed by atoms with Crippen LogP contribution < -0.4 is 0 Å². The van der Waals surface area contributed by atoms with E-state index in [4.69, 9.17) is 4.74 Å². The van der Waals surface area contributed by atoms with Crippen LogP contribution in [0.25, 0.3) is 0 Å². The number of carbonyl (C=O) groups excluding carboxylic acids is 1. The Morgan fingerprint density at radius 1 is 1.46 bits per heavy atom. The van der Waals surface area contributed by atoms with Gasteiger partial charge in [-0.05, 0) is 42.7 Å². The number of hydrogen-bond donors (Lipinski definition) is 1. The Hall–Kier alpha value is -1.66. The Morgan fingerprint density at radius 2 is 2.42 bits per heavy atom. The molecule has 1 saturated heterocycles. The van der Waals surface area contributed by atoms with Crippen molar-refractivity contribution in [2.75, 3.05) is 13.2 Å². The summed E-state index contributed by atoms with van der Waals surface area (Å²) >= 11 is 1.71. The molecule has 24 heavy (non-hydrogen) atoms. The Bertz CT molecular complexity index is 676. The van der Waals surface area contributed by atoms with Crippen molar-refractivity contribution in [2.45, 2.75) is 44.8 Å². The summed E-state index contributed by atoms with van der Waals surface area (Å²) < 4.78 is 5.78. The highest BCUT2D eigenvalue weighted by molar-refractivity contribution is 7.09. The van der Waals surface area contributed by atoms with Gasteiger partial charge in [-0.1, -0.05) is 6.07 Å². The van der Waals surface area contributed by atoms with E-state index in [1.807, 2.05) is 17.2 Å². The van der Waals surface area contributed by atoms with Gasteiger partial charge in [-0.2, -0.15) is 5.10 Å². The van der Waals surface area contributed by atoms with E-state index < -0.39 is 0 Å². The van der Waals surface area contributed by atoms with Crippen LogP contribution in [0.5, 0.6) is 0 Å². The lowest BCUT2D eigenvalue weighted by molar-refractivity contribution is -0.138. The molecule has 1 aliphatic heterocycles. The number of fused-ring (bicyclic) bond motifs is 1. The number of aromatic nitrogens is 2. The number of aromatic amines is 1. The molecule has 2 aromatic rings. The lowest BCUT2D eigenvalue weighted by Gasteiger charge is -2.30. The SMILES string of the molecule is O=C([C@@H]1CCc2cn[nH]c2C1)N(Cc1cccs1)C[C@@H]1CCCO1. The van der Waals surface area contributed by atoms with Gasteiger partial charge in [0.15, 0.2) is 0 Å². The molecule has 0 bridgehead atoms. The van der Waals surface area contributed by atoms with Crippen molar-refractivity contribution in [1.29, 1.82) is 0 Å². The van der Waals surface area contributed by atoms with E-state index in [2.05, 4.69) is 21.6 Å². The summed E-state index contributed by atoms with van der Waals surface area (Å²) in [6, 6.07) is 4.15. The molecule has 1 fully saturated rings. The fraction of sp³-hybridized carbons (Fsp3) is 0.556. The molecule has 4 rings (SSSR count). The zero-order chi connectivity index (χ0) is 16.4. The number of thiophene rings is 1. The number of carbonyl (C=O) groups is 1. The average molecular weight is 345 g/mol. The predicted molar refractivity (Wildman–Crippen MR) is 92.8 cm³/mol. The maximum Gasteiger partial charge on any atom is 0.226 e. The zero-order valence-corrected chi connectivity index (χ0v) is 14.6. The monoisotopic (exact) mass is 345 g/mol. The van der Waals surface area contributed by atoms with Crippen LogP contribution in [0, 0.1) is 5.92 Å². The molecule has 1 aliphatic carbocycles. The molecule has 5 nitrogen and oxygen atoms in total. The molecule has 0 aromatic carbocycles. The Morgan fingerprint density at radius 3 is 3.21 bits per heavy atom. The number of hydrogen-bond acceptors (Lipinski definition) is 4. The lowest BCUT2D eigenvalue weighted by Crippen LogP contribution is -2.41.